The van der Waals surface area contributed by atoms with Gasteiger partial charge in [-0.3, -0.25) is 0 Å². The number of allylic oxidation sites excluding steroid dienone is 1. The average molecular weight is 339 g/mol. The van der Waals surface area contributed by atoms with Crippen LogP contribution in [0.2, 0.25) is 5.02 Å². The molecule has 0 saturated heterocycles. The van der Waals surface area contributed by atoms with Crippen LogP contribution in [-0.2, 0) is 6.61 Å². The Balaban J connectivity index is 2.27. The van der Waals surface area contributed by atoms with E-state index in [4.69, 9.17) is 31.6 Å². The molecular formula is C19H15ClN2O2. The molecule has 0 aromatic heterocycles. The molecule has 0 N–H and O–H groups in total. The summed E-state index contributed by atoms with van der Waals surface area (Å²) in [5, 5.41) is 18.3. The van der Waals surface area contributed by atoms with Crippen molar-refractivity contribution >= 4 is 17.7 Å². The van der Waals surface area contributed by atoms with Gasteiger partial charge in [0.1, 0.15) is 35.8 Å². The van der Waals surface area contributed by atoms with E-state index in [0.717, 1.165) is 16.7 Å². The Morgan fingerprint density at radius 2 is 1.83 bits per heavy atom. The van der Waals surface area contributed by atoms with Crippen LogP contribution in [0.25, 0.3) is 6.08 Å². The standard InChI is InChI=1S/C19H15ClN2O2/c1-13-3-5-19(17(20)7-13)24-12-16-9-14(4-6-18(16)23-2)8-15(10-21)11-22/h3-9H,12H2,1-2H3. The van der Waals surface area contributed by atoms with Gasteiger partial charge in [0, 0.05) is 5.56 Å². The van der Waals surface area contributed by atoms with Gasteiger partial charge in [0.25, 0.3) is 0 Å². The zero-order chi connectivity index (χ0) is 17.5. The number of aryl methyl sites for hydroxylation is 1. The van der Waals surface area contributed by atoms with E-state index in [-0.39, 0.29) is 12.2 Å². The molecule has 2 aromatic rings. The number of nitriles is 2. The highest BCUT2D eigenvalue weighted by atomic mass is 35.5. The highest BCUT2D eigenvalue weighted by Crippen LogP contribution is 2.28. The summed E-state index contributed by atoms with van der Waals surface area (Å²) in [6.45, 7) is 2.21. The van der Waals surface area contributed by atoms with Gasteiger partial charge in [-0.15, -0.1) is 0 Å². The number of ether oxygens (including phenoxy) is 2. The first kappa shape index (κ1) is 17.4. The number of rotatable bonds is 5. The number of nitrogens with zero attached hydrogens (tertiary/aromatic N) is 2. The van der Waals surface area contributed by atoms with E-state index in [2.05, 4.69) is 0 Å². The van der Waals surface area contributed by atoms with Gasteiger partial charge in [-0.25, -0.2) is 0 Å². The lowest BCUT2D eigenvalue weighted by Gasteiger charge is -2.12. The summed E-state index contributed by atoms with van der Waals surface area (Å²) >= 11 is 6.17. The summed E-state index contributed by atoms with van der Waals surface area (Å²) in [7, 11) is 1.57. The third-order valence-electron chi connectivity index (χ3n) is 3.33. The second-order valence-corrected chi connectivity index (χ2v) is 5.48. The molecule has 0 amide bonds. The summed E-state index contributed by atoms with van der Waals surface area (Å²) in [6.07, 6.45) is 1.52. The summed E-state index contributed by atoms with van der Waals surface area (Å²) in [4.78, 5) is 0. The SMILES string of the molecule is COc1ccc(C=C(C#N)C#N)cc1COc1ccc(C)cc1Cl. The molecule has 2 rings (SSSR count). The van der Waals surface area contributed by atoms with Gasteiger partial charge in [0.05, 0.1) is 12.1 Å². The van der Waals surface area contributed by atoms with Gasteiger partial charge >= 0.3 is 0 Å². The van der Waals surface area contributed by atoms with Crippen molar-refractivity contribution in [2.75, 3.05) is 7.11 Å². The van der Waals surface area contributed by atoms with E-state index in [0.29, 0.717) is 16.5 Å². The molecule has 120 valence electrons. The smallest absolute Gasteiger partial charge is 0.138 e. The Morgan fingerprint density at radius 1 is 1.12 bits per heavy atom. The lowest BCUT2D eigenvalue weighted by atomic mass is 10.1. The maximum atomic E-state index is 8.86. The molecule has 0 atom stereocenters. The molecule has 0 heterocycles. The lowest BCUT2D eigenvalue weighted by molar-refractivity contribution is 0.297. The zero-order valence-corrected chi connectivity index (χ0v) is 14.1. The maximum Gasteiger partial charge on any atom is 0.138 e. The Morgan fingerprint density at radius 3 is 2.46 bits per heavy atom. The van der Waals surface area contributed by atoms with Crippen LogP contribution in [0, 0.1) is 29.6 Å². The molecule has 0 aliphatic carbocycles. The molecule has 0 aliphatic rings. The quantitative estimate of drug-likeness (QED) is 0.743. The highest BCUT2D eigenvalue weighted by molar-refractivity contribution is 6.32. The van der Waals surface area contributed by atoms with Crippen LogP contribution in [0.5, 0.6) is 11.5 Å². The normalized spacial score (nSPS) is 9.54. The summed E-state index contributed by atoms with van der Waals surface area (Å²) < 4.78 is 11.1. The van der Waals surface area contributed by atoms with Crippen molar-refractivity contribution in [1.29, 1.82) is 10.5 Å². The van der Waals surface area contributed by atoms with Crippen LogP contribution in [0.3, 0.4) is 0 Å². The largest absolute Gasteiger partial charge is 0.496 e. The average Bonchev–Trinajstić information content (AvgIpc) is 2.59. The van der Waals surface area contributed by atoms with Gasteiger partial charge < -0.3 is 9.47 Å². The van der Waals surface area contributed by atoms with Crippen molar-refractivity contribution in [3.63, 3.8) is 0 Å². The van der Waals surface area contributed by atoms with E-state index in [1.165, 1.54) is 6.08 Å². The molecule has 5 heteroatoms. The second kappa shape index (κ2) is 8.06. The number of methoxy groups -OCH3 is 1. The predicted octanol–water partition coefficient (Wildman–Crippen LogP) is 4.67. The Hall–Kier alpha value is -2.95. The topological polar surface area (TPSA) is 66.0 Å². The van der Waals surface area contributed by atoms with Crippen molar-refractivity contribution in [2.45, 2.75) is 13.5 Å². The fraction of sp³-hybridized carbons (Fsp3) is 0.158. The molecule has 0 fully saturated rings. The van der Waals surface area contributed by atoms with Gasteiger partial charge in [-0.1, -0.05) is 23.7 Å². The van der Waals surface area contributed by atoms with Gasteiger partial charge in [0.2, 0.25) is 0 Å². The number of benzene rings is 2. The zero-order valence-electron chi connectivity index (χ0n) is 13.3. The van der Waals surface area contributed by atoms with Crippen LogP contribution in [0.4, 0.5) is 0 Å². The fourth-order valence-corrected chi connectivity index (χ4v) is 2.43. The van der Waals surface area contributed by atoms with Crippen LogP contribution < -0.4 is 9.47 Å². The first-order valence-electron chi connectivity index (χ1n) is 7.15. The summed E-state index contributed by atoms with van der Waals surface area (Å²) in [6, 6.07) is 14.6. The van der Waals surface area contributed by atoms with E-state index in [9.17, 15) is 0 Å². The monoisotopic (exact) mass is 338 g/mol. The molecule has 2 aromatic carbocycles. The van der Waals surface area contributed by atoms with Crippen LogP contribution in [0.15, 0.2) is 42.0 Å². The maximum absolute atomic E-state index is 8.86. The fourth-order valence-electron chi connectivity index (χ4n) is 2.14. The third-order valence-corrected chi connectivity index (χ3v) is 3.62. The number of hydrogen-bond acceptors (Lipinski definition) is 4. The van der Waals surface area contributed by atoms with Gasteiger partial charge in [0.15, 0.2) is 0 Å². The molecule has 0 bridgehead atoms. The van der Waals surface area contributed by atoms with Crippen LogP contribution in [-0.4, -0.2) is 7.11 Å². The lowest BCUT2D eigenvalue weighted by Crippen LogP contribution is -2.00. The molecule has 0 unspecified atom stereocenters. The number of halogens is 1. The molecule has 0 saturated carbocycles. The first-order chi connectivity index (χ1) is 11.6. The molecule has 24 heavy (non-hydrogen) atoms. The Bertz CT molecular complexity index is 845. The molecule has 0 aliphatic heterocycles. The molecule has 4 nitrogen and oxygen atoms in total. The summed E-state index contributed by atoms with van der Waals surface area (Å²) in [5.41, 5.74) is 2.60. The van der Waals surface area contributed by atoms with Crippen molar-refractivity contribution in [3.05, 3.63) is 63.7 Å². The van der Waals surface area contributed by atoms with Crippen molar-refractivity contribution in [2.24, 2.45) is 0 Å². The minimum atomic E-state index is 0.0358. The second-order valence-electron chi connectivity index (χ2n) is 5.08. The molecular weight excluding hydrogens is 324 g/mol. The van der Waals surface area contributed by atoms with Crippen molar-refractivity contribution in [1.82, 2.24) is 0 Å². The highest BCUT2D eigenvalue weighted by Gasteiger charge is 2.08. The Labute approximate surface area is 146 Å². The molecule has 0 spiro atoms. The third kappa shape index (κ3) is 4.29. The van der Waals surface area contributed by atoms with Crippen LogP contribution in [0.1, 0.15) is 16.7 Å². The minimum Gasteiger partial charge on any atom is -0.496 e. The number of hydrogen-bond donors (Lipinski definition) is 0. The van der Waals surface area contributed by atoms with E-state index in [1.54, 1.807) is 19.2 Å². The minimum absolute atomic E-state index is 0.0358. The molecule has 0 radical (unpaired) electrons. The van der Waals surface area contributed by atoms with Crippen molar-refractivity contribution in [3.8, 4) is 23.6 Å². The predicted molar refractivity (Wildman–Crippen MR) is 92.7 cm³/mol. The van der Waals surface area contributed by atoms with E-state index >= 15 is 0 Å². The van der Waals surface area contributed by atoms with Gasteiger partial charge in [-0.2, -0.15) is 10.5 Å². The first-order valence-corrected chi connectivity index (χ1v) is 7.53. The van der Waals surface area contributed by atoms with E-state index in [1.807, 2.05) is 43.3 Å². The summed E-state index contributed by atoms with van der Waals surface area (Å²) in [5.74, 6) is 1.24. The van der Waals surface area contributed by atoms with Crippen LogP contribution >= 0.6 is 11.6 Å². The van der Waals surface area contributed by atoms with E-state index < -0.39 is 0 Å². The Kier molecular flexibility index (Phi) is 5.84. The van der Waals surface area contributed by atoms with Gasteiger partial charge in [-0.05, 0) is 48.4 Å². The van der Waals surface area contributed by atoms with Crippen molar-refractivity contribution < 1.29 is 9.47 Å².